The van der Waals surface area contributed by atoms with E-state index in [4.69, 9.17) is 4.74 Å². The van der Waals surface area contributed by atoms with E-state index < -0.39 is 0 Å². The number of benzene rings is 1. The van der Waals surface area contributed by atoms with Gasteiger partial charge in [0.25, 0.3) is 0 Å². The average molecular weight is 294 g/mol. The summed E-state index contributed by atoms with van der Waals surface area (Å²) in [4.78, 5) is 4.74. The summed E-state index contributed by atoms with van der Waals surface area (Å²) in [6.07, 6.45) is 5.17. The first kappa shape index (κ1) is 16.2. The minimum atomic E-state index is -0.282. The van der Waals surface area contributed by atoms with Crippen LogP contribution in [-0.2, 0) is 6.54 Å². The summed E-state index contributed by atoms with van der Waals surface area (Å²) in [7, 11) is 5.82. The van der Waals surface area contributed by atoms with Crippen LogP contribution in [-0.4, -0.2) is 50.1 Å². The molecule has 2 rings (SSSR count). The summed E-state index contributed by atoms with van der Waals surface area (Å²) < 4.78 is 18.6. The van der Waals surface area contributed by atoms with Crippen LogP contribution in [0.25, 0.3) is 0 Å². The fraction of sp³-hybridized carbons (Fsp3) is 0.647. The number of rotatable bonds is 6. The molecule has 0 saturated carbocycles. The van der Waals surface area contributed by atoms with Crippen molar-refractivity contribution in [2.24, 2.45) is 0 Å². The second-order valence-electron chi connectivity index (χ2n) is 6.13. The van der Waals surface area contributed by atoms with Crippen LogP contribution in [0.15, 0.2) is 18.2 Å². The van der Waals surface area contributed by atoms with E-state index in [2.05, 4.69) is 23.9 Å². The van der Waals surface area contributed by atoms with E-state index in [0.29, 0.717) is 11.8 Å². The third kappa shape index (κ3) is 4.68. The minimum Gasteiger partial charge on any atom is -0.494 e. The largest absolute Gasteiger partial charge is 0.494 e. The molecule has 118 valence electrons. The van der Waals surface area contributed by atoms with Crippen molar-refractivity contribution in [1.82, 2.24) is 9.80 Å². The molecule has 0 bridgehead atoms. The molecule has 0 N–H and O–H groups in total. The molecule has 1 aromatic rings. The second-order valence-corrected chi connectivity index (χ2v) is 6.13. The van der Waals surface area contributed by atoms with Crippen molar-refractivity contribution in [3.05, 3.63) is 29.6 Å². The first-order valence-electron chi connectivity index (χ1n) is 7.81. The van der Waals surface area contributed by atoms with Crippen molar-refractivity contribution in [1.29, 1.82) is 0 Å². The number of piperidine rings is 1. The van der Waals surface area contributed by atoms with Gasteiger partial charge in [0.2, 0.25) is 0 Å². The molecule has 1 unspecified atom stereocenters. The molecule has 1 heterocycles. The van der Waals surface area contributed by atoms with Gasteiger partial charge < -0.3 is 14.5 Å². The molecule has 3 nitrogen and oxygen atoms in total. The summed E-state index contributed by atoms with van der Waals surface area (Å²) >= 11 is 0. The first-order chi connectivity index (χ1) is 10.1. The van der Waals surface area contributed by atoms with Crippen LogP contribution in [0.1, 0.15) is 31.2 Å². The Morgan fingerprint density at radius 3 is 2.86 bits per heavy atom. The molecule has 1 aliphatic heterocycles. The molecular weight excluding hydrogens is 267 g/mol. The van der Waals surface area contributed by atoms with Crippen molar-refractivity contribution in [2.75, 3.05) is 34.3 Å². The van der Waals surface area contributed by atoms with Gasteiger partial charge in [0.05, 0.1) is 7.11 Å². The van der Waals surface area contributed by atoms with Crippen molar-refractivity contribution < 1.29 is 9.13 Å². The predicted octanol–water partition coefficient (Wildman–Crippen LogP) is 3.14. The Bertz CT molecular complexity index is 452. The predicted molar refractivity (Wildman–Crippen MR) is 84.2 cm³/mol. The lowest BCUT2D eigenvalue weighted by Gasteiger charge is -2.33. The Balaban J connectivity index is 1.81. The van der Waals surface area contributed by atoms with E-state index >= 15 is 0 Å². The van der Waals surface area contributed by atoms with Crippen molar-refractivity contribution in [3.8, 4) is 5.75 Å². The van der Waals surface area contributed by atoms with Gasteiger partial charge in [0.1, 0.15) is 0 Å². The van der Waals surface area contributed by atoms with Gasteiger partial charge in [0.15, 0.2) is 11.6 Å². The van der Waals surface area contributed by atoms with Crippen LogP contribution in [0.5, 0.6) is 5.75 Å². The zero-order valence-corrected chi connectivity index (χ0v) is 13.4. The molecule has 4 heteroatoms. The number of nitrogens with zero attached hydrogens (tertiary/aromatic N) is 2. The maximum atomic E-state index is 13.7. The topological polar surface area (TPSA) is 15.7 Å². The number of hydrogen-bond acceptors (Lipinski definition) is 3. The van der Waals surface area contributed by atoms with E-state index in [0.717, 1.165) is 18.7 Å². The summed E-state index contributed by atoms with van der Waals surface area (Å²) in [6.45, 7) is 3.04. The van der Waals surface area contributed by atoms with Gasteiger partial charge in [-0.1, -0.05) is 12.5 Å². The summed E-state index contributed by atoms with van der Waals surface area (Å²) in [6, 6.07) is 5.91. The lowest BCUT2D eigenvalue weighted by molar-refractivity contribution is 0.159. The third-order valence-electron chi connectivity index (χ3n) is 4.43. The maximum absolute atomic E-state index is 13.7. The summed E-state index contributed by atoms with van der Waals surface area (Å²) in [5, 5.41) is 0. The maximum Gasteiger partial charge on any atom is 0.165 e. The lowest BCUT2D eigenvalue weighted by Crippen LogP contribution is -2.38. The van der Waals surface area contributed by atoms with E-state index in [1.54, 1.807) is 12.1 Å². The SMILES string of the molecule is COc1ccc(CN(C)CCC2CCCCN2C)cc1F. The standard InChI is InChI=1S/C17H27FN2O/c1-19(11-9-15-6-4-5-10-20(15)2)13-14-7-8-17(21-3)16(18)12-14/h7-8,12,15H,4-6,9-11,13H2,1-3H3. The molecule has 1 aromatic carbocycles. The van der Waals surface area contributed by atoms with Crippen molar-refractivity contribution >= 4 is 0 Å². The molecular formula is C17H27FN2O. The zero-order valence-electron chi connectivity index (χ0n) is 13.4. The Morgan fingerprint density at radius 2 is 2.19 bits per heavy atom. The fourth-order valence-corrected chi connectivity index (χ4v) is 3.08. The monoisotopic (exact) mass is 294 g/mol. The van der Waals surface area contributed by atoms with Gasteiger partial charge in [-0.05, 0) is 64.1 Å². The molecule has 0 spiro atoms. The highest BCUT2D eigenvalue weighted by atomic mass is 19.1. The van der Waals surface area contributed by atoms with Gasteiger partial charge in [-0.15, -0.1) is 0 Å². The fourth-order valence-electron chi connectivity index (χ4n) is 3.08. The van der Waals surface area contributed by atoms with Gasteiger partial charge in [0, 0.05) is 12.6 Å². The Hall–Kier alpha value is -1.13. The molecule has 1 fully saturated rings. The highest BCUT2D eigenvalue weighted by Gasteiger charge is 2.18. The third-order valence-corrected chi connectivity index (χ3v) is 4.43. The van der Waals surface area contributed by atoms with Crippen molar-refractivity contribution in [3.63, 3.8) is 0 Å². The number of hydrogen-bond donors (Lipinski definition) is 0. The molecule has 0 amide bonds. The van der Waals surface area contributed by atoms with Crippen LogP contribution in [0, 0.1) is 5.82 Å². The lowest BCUT2D eigenvalue weighted by atomic mass is 10.00. The second kappa shape index (κ2) is 7.76. The van der Waals surface area contributed by atoms with Gasteiger partial charge in [-0.25, -0.2) is 4.39 Å². The molecule has 21 heavy (non-hydrogen) atoms. The summed E-state index contributed by atoms with van der Waals surface area (Å²) in [5.74, 6) is 0.0284. The molecule has 1 aliphatic rings. The smallest absolute Gasteiger partial charge is 0.165 e. The number of likely N-dealkylation sites (tertiary alicyclic amines) is 1. The Kier molecular flexibility index (Phi) is 6.00. The van der Waals surface area contributed by atoms with Crippen LogP contribution in [0.3, 0.4) is 0 Å². The van der Waals surface area contributed by atoms with E-state index in [1.165, 1.54) is 39.3 Å². The van der Waals surface area contributed by atoms with Crippen molar-refractivity contribution in [2.45, 2.75) is 38.3 Å². The molecule has 0 aliphatic carbocycles. The highest BCUT2D eigenvalue weighted by molar-refractivity contribution is 5.29. The summed E-state index contributed by atoms with van der Waals surface area (Å²) in [5.41, 5.74) is 0.993. The van der Waals surface area contributed by atoms with Crippen LogP contribution in [0.4, 0.5) is 4.39 Å². The quantitative estimate of drug-likeness (QED) is 0.801. The van der Waals surface area contributed by atoms with E-state index in [1.807, 2.05) is 6.07 Å². The van der Waals surface area contributed by atoms with E-state index in [-0.39, 0.29) is 5.82 Å². The van der Waals surface area contributed by atoms with Crippen LogP contribution < -0.4 is 4.74 Å². The molecule has 1 atom stereocenters. The van der Waals surface area contributed by atoms with E-state index in [9.17, 15) is 4.39 Å². The highest BCUT2D eigenvalue weighted by Crippen LogP contribution is 2.20. The van der Waals surface area contributed by atoms with Gasteiger partial charge >= 0.3 is 0 Å². The Morgan fingerprint density at radius 1 is 1.38 bits per heavy atom. The normalized spacial score (nSPS) is 20.0. The first-order valence-corrected chi connectivity index (χ1v) is 7.81. The molecule has 0 radical (unpaired) electrons. The zero-order chi connectivity index (χ0) is 15.2. The van der Waals surface area contributed by atoms with Crippen LogP contribution in [0.2, 0.25) is 0 Å². The van der Waals surface area contributed by atoms with Crippen LogP contribution >= 0.6 is 0 Å². The van der Waals surface area contributed by atoms with Gasteiger partial charge in [-0.3, -0.25) is 0 Å². The number of methoxy groups -OCH3 is 1. The minimum absolute atomic E-state index is 0.282. The number of ether oxygens (including phenoxy) is 1. The Labute approximate surface area is 127 Å². The van der Waals surface area contributed by atoms with Gasteiger partial charge in [-0.2, -0.15) is 0 Å². The average Bonchev–Trinajstić information content (AvgIpc) is 2.46. The number of halogens is 1. The molecule has 0 aromatic heterocycles. The molecule has 1 saturated heterocycles.